The molecule has 2 nitrogen and oxygen atoms in total. The van der Waals surface area contributed by atoms with E-state index in [-0.39, 0.29) is 5.82 Å². The highest BCUT2D eigenvalue weighted by molar-refractivity contribution is 5.52. The molecule has 0 spiro atoms. The Balaban J connectivity index is 2.11. The minimum Gasteiger partial charge on any atom is -0.382 e. The van der Waals surface area contributed by atoms with Crippen LogP contribution in [0.3, 0.4) is 0 Å². The number of hydrogen-bond acceptors (Lipinski definition) is 2. The van der Waals surface area contributed by atoms with Gasteiger partial charge in [-0.1, -0.05) is 12.8 Å². The van der Waals surface area contributed by atoms with Gasteiger partial charge in [-0.2, -0.15) is 0 Å². The highest BCUT2D eigenvalue weighted by Gasteiger charge is 2.15. The average molecular weight is 222 g/mol. The number of halogens is 1. The number of benzene rings is 1. The van der Waals surface area contributed by atoms with E-state index < -0.39 is 0 Å². The second kappa shape index (κ2) is 5.30. The van der Waals surface area contributed by atoms with Crippen molar-refractivity contribution in [1.82, 2.24) is 0 Å². The average Bonchev–Trinajstić information content (AvgIpc) is 2.75. The SMILES string of the molecule is NCCc1cc(F)ccc1NC1CCCC1. The van der Waals surface area contributed by atoms with Gasteiger partial charge in [0.1, 0.15) is 5.82 Å². The molecule has 0 atom stereocenters. The first kappa shape index (κ1) is 11.4. The van der Waals surface area contributed by atoms with Gasteiger partial charge < -0.3 is 11.1 Å². The van der Waals surface area contributed by atoms with Crippen LogP contribution in [0.2, 0.25) is 0 Å². The van der Waals surface area contributed by atoms with Crippen LogP contribution in [-0.2, 0) is 6.42 Å². The van der Waals surface area contributed by atoms with Crippen molar-refractivity contribution in [3.63, 3.8) is 0 Å². The molecular formula is C13H19FN2. The lowest BCUT2D eigenvalue weighted by atomic mass is 10.1. The normalized spacial score (nSPS) is 16.6. The fraction of sp³-hybridized carbons (Fsp3) is 0.538. The van der Waals surface area contributed by atoms with Crippen molar-refractivity contribution in [2.75, 3.05) is 11.9 Å². The van der Waals surface area contributed by atoms with Gasteiger partial charge in [-0.25, -0.2) is 4.39 Å². The molecule has 1 aromatic rings. The van der Waals surface area contributed by atoms with E-state index in [0.717, 1.165) is 17.7 Å². The summed E-state index contributed by atoms with van der Waals surface area (Å²) >= 11 is 0. The van der Waals surface area contributed by atoms with E-state index in [2.05, 4.69) is 5.32 Å². The van der Waals surface area contributed by atoms with Gasteiger partial charge in [-0.15, -0.1) is 0 Å². The van der Waals surface area contributed by atoms with Crippen LogP contribution >= 0.6 is 0 Å². The number of rotatable bonds is 4. The molecule has 0 unspecified atom stereocenters. The lowest BCUT2D eigenvalue weighted by Crippen LogP contribution is -2.16. The Morgan fingerprint density at radius 1 is 1.31 bits per heavy atom. The van der Waals surface area contributed by atoms with E-state index in [1.807, 2.05) is 6.07 Å². The van der Waals surface area contributed by atoms with E-state index in [1.54, 1.807) is 6.07 Å². The molecule has 0 aromatic heterocycles. The summed E-state index contributed by atoms with van der Waals surface area (Å²) in [6.45, 7) is 0.558. The van der Waals surface area contributed by atoms with E-state index in [1.165, 1.54) is 31.7 Å². The Kier molecular flexibility index (Phi) is 3.78. The monoisotopic (exact) mass is 222 g/mol. The van der Waals surface area contributed by atoms with Crippen molar-refractivity contribution in [1.29, 1.82) is 0 Å². The molecule has 0 radical (unpaired) electrons. The lowest BCUT2D eigenvalue weighted by Gasteiger charge is -2.17. The number of nitrogens with one attached hydrogen (secondary N) is 1. The summed E-state index contributed by atoms with van der Waals surface area (Å²) in [6.07, 6.45) is 5.77. The quantitative estimate of drug-likeness (QED) is 0.822. The number of anilines is 1. The fourth-order valence-corrected chi connectivity index (χ4v) is 2.36. The molecule has 3 heteroatoms. The summed E-state index contributed by atoms with van der Waals surface area (Å²) in [7, 11) is 0. The molecule has 16 heavy (non-hydrogen) atoms. The van der Waals surface area contributed by atoms with E-state index in [4.69, 9.17) is 5.73 Å². The van der Waals surface area contributed by atoms with Crippen LogP contribution in [0, 0.1) is 5.82 Å². The fourth-order valence-electron chi connectivity index (χ4n) is 2.36. The minimum absolute atomic E-state index is 0.180. The third-order valence-corrected chi connectivity index (χ3v) is 3.20. The van der Waals surface area contributed by atoms with Gasteiger partial charge in [-0.3, -0.25) is 0 Å². The Morgan fingerprint density at radius 2 is 2.06 bits per heavy atom. The smallest absolute Gasteiger partial charge is 0.123 e. The molecule has 1 aliphatic carbocycles. The predicted octanol–water partition coefficient (Wildman–Crippen LogP) is 2.68. The Labute approximate surface area is 96.0 Å². The highest BCUT2D eigenvalue weighted by atomic mass is 19.1. The number of nitrogens with two attached hydrogens (primary N) is 1. The number of hydrogen-bond donors (Lipinski definition) is 2. The molecule has 0 amide bonds. The molecule has 3 N–H and O–H groups in total. The Hall–Kier alpha value is -1.09. The molecule has 1 aromatic carbocycles. The van der Waals surface area contributed by atoms with Crippen LogP contribution in [0.25, 0.3) is 0 Å². The Morgan fingerprint density at radius 3 is 2.75 bits per heavy atom. The van der Waals surface area contributed by atoms with Gasteiger partial charge in [0.15, 0.2) is 0 Å². The lowest BCUT2D eigenvalue weighted by molar-refractivity contribution is 0.625. The van der Waals surface area contributed by atoms with Crippen LogP contribution in [-0.4, -0.2) is 12.6 Å². The van der Waals surface area contributed by atoms with Crippen molar-refractivity contribution < 1.29 is 4.39 Å². The molecule has 0 saturated heterocycles. The summed E-state index contributed by atoms with van der Waals surface area (Å²) in [5.74, 6) is -0.180. The second-order valence-electron chi connectivity index (χ2n) is 4.47. The molecule has 2 rings (SSSR count). The molecular weight excluding hydrogens is 203 g/mol. The van der Waals surface area contributed by atoms with Gasteiger partial charge >= 0.3 is 0 Å². The molecule has 0 aliphatic heterocycles. The van der Waals surface area contributed by atoms with Crippen LogP contribution < -0.4 is 11.1 Å². The first-order valence-corrected chi connectivity index (χ1v) is 6.04. The van der Waals surface area contributed by atoms with E-state index in [9.17, 15) is 4.39 Å². The summed E-state index contributed by atoms with van der Waals surface area (Å²) in [6, 6.07) is 5.49. The molecule has 1 aliphatic rings. The summed E-state index contributed by atoms with van der Waals surface area (Å²) in [5.41, 5.74) is 7.59. The standard InChI is InChI=1S/C13H19FN2/c14-11-5-6-13(10(9-11)7-8-15)16-12-3-1-2-4-12/h5-6,9,12,16H,1-4,7-8,15H2. The summed E-state index contributed by atoms with van der Waals surface area (Å²) in [4.78, 5) is 0. The van der Waals surface area contributed by atoms with E-state index in [0.29, 0.717) is 12.6 Å². The minimum atomic E-state index is -0.180. The zero-order chi connectivity index (χ0) is 11.4. The third kappa shape index (κ3) is 2.73. The maximum Gasteiger partial charge on any atom is 0.123 e. The van der Waals surface area contributed by atoms with Crippen molar-refractivity contribution in [3.8, 4) is 0 Å². The molecule has 1 saturated carbocycles. The first-order chi connectivity index (χ1) is 7.79. The van der Waals surface area contributed by atoms with Crippen LogP contribution in [0.4, 0.5) is 10.1 Å². The third-order valence-electron chi connectivity index (χ3n) is 3.20. The highest BCUT2D eigenvalue weighted by Crippen LogP contribution is 2.25. The van der Waals surface area contributed by atoms with Crippen molar-refractivity contribution >= 4 is 5.69 Å². The van der Waals surface area contributed by atoms with Gasteiger partial charge in [0.05, 0.1) is 0 Å². The largest absolute Gasteiger partial charge is 0.382 e. The van der Waals surface area contributed by atoms with Crippen LogP contribution in [0.15, 0.2) is 18.2 Å². The molecule has 88 valence electrons. The summed E-state index contributed by atoms with van der Waals surface area (Å²) < 4.78 is 13.1. The van der Waals surface area contributed by atoms with Gasteiger partial charge in [0.25, 0.3) is 0 Å². The zero-order valence-corrected chi connectivity index (χ0v) is 9.51. The maximum absolute atomic E-state index is 13.1. The van der Waals surface area contributed by atoms with Gasteiger partial charge in [-0.05, 0) is 49.6 Å². The van der Waals surface area contributed by atoms with Crippen molar-refractivity contribution in [2.24, 2.45) is 5.73 Å². The molecule has 0 bridgehead atoms. The topological polar surface area (TPSA) is 38.0 Å². The van der Waals surface area contributed by atoms with Crippen LogP contribution in [0.1, 0.15) is 31.2 Å². The molecule has 1 fully saturated rings. The van der Waals surface area contributed by atoms with E-state index >= 15 is 0 Å². The van der Waals surface area contributed by atoms with Gasteiger partial charge in [0.2, 0.25) is 0 Å². The Bertz CT molecular complexity index is 346. The first-order valence-electron chi connectivity index (χ1n) is 6.04. The summed E-state index contributed by atoms with van der Waals surface area (Å²) in [5, 5.41) is 3.50. The maximum atomic E-state index is 13.1. The predicted molar refractivity (Wildman–Crippen MR) is 65.0 cm³/mol. The zero-order valence-electron chi connectivity index (χ0n) is 9.51. The second-order valence-corrected chi connectivity index (χ2v) is 4.47. The van der Waals surface area contributed by atoms with Gasteiger partial charge in [0, 0.05) is 11.7 Å². The molecule has 0 heterocycles. The van der Waals surface area contributed by atoms with Crippen LogP contribution in [0.5, 0.6) is 0 Å². The van der Waals surface area contributed by atoms with Crippen molar-refractivity contribution in [3.05, 3.63) is 29.6 Å². The van der Waals surface area contributed by atoms with Crippen molar-refractivity contribution in [2.45, 2.75) is 38.1 Å².